The minimum atomic E-state index is -1.24. The fourth-order valence-electron chi connectivity index (χ4n) is 1.79. The van der Waals surface area contributed by atoms with Crippen molar-refractivity contribution in [2.75, 3.05) is 0 Å². The third kappa shape index (κ3) is 3.56. The zero-order valence-corrected chi connectivity index (χ0v) is 11.5. The molecule has 6 heteroatoms. The Morgan fingerprint density at radius 3 is 2.43 bits per heavy atom. The number of aromatic carboxylic acids is 1. The quantitative estimate of drug-likeness (QED) is 0.670. The van der Waals surface area contributed by atoms with Crippen molar-refractivity contribution in [1.29, 1.82) is 0 Å². The average Bonchev–Trinajstić information content (AvgIpc) is 2.78. The van der Waals surface area contributed by atoms with Gasteiger partial charge in [-0.2, -0.15) is 5.10 Å². The Bertz CT molecular complexity index is 699. The van der Waals surface area contributed by atoms with Gasteiger partial charge in [0.1, 0.15) is 11.5 Å². The number of hydrogen-bond donors (Lipinski definition) is 1. The van der Waals surface area contributed by atoms with Crippen molar-refractivity contribution >= 4 is 18.1 Å². The lowest BCUT2D eigenvalue weighted by Gasteiger charge is -2.01. The second-order valence-electron chi connectivity index (χ2n) is 4.44. The summed E-state index contributed by atoms with van der Waals surface area (Å²) in [6, 6.07) is 7.57. The van der Waals surface area contributed by atoms with Crippen LogP contribution in [0, 0.1) is 13.8 Å². The molecule has 0 aliphatic heterocycles. The van der Waals surface area contributed by atoms with Gasteiger partial charge in [-0.15, -0.1) is 0 Å². The molecular weight excluding hydrogens is 272 g/mol. The lowest BCUT2D eigenvalue weighted by molar-refractivity contribution is -0.255. The second kappa shape index (κ2) is 6.04. The van der Waals surface area contributed by atoms with E-state index >= 15 is 0 Å². The first-order valence-corrected chi connectivity index (χ1v) is 6.19. The van der Waals surface area contributed by atoms with Crippen molar-refractivity contribution in [1.82, 2.24) is 5.43 Å². The molecule has 1 amide bonds. The third-order valence-corrected chi connectivity index (χ3v) is 2.81. The van der Waals surface area contributed by atoms with Gasteiger partial charge in [-0.05, 0) is 31.0 Å². The highest BCUT2D eigenvalue weighted by molar-refractivity contribution is 5.96. The number of nitrogens with zero attached hydrogens (tertiary/aromatic N) is 1. The van der Waals surface area contributed by atoms with Crippen LogP contribution in [0.15, 0.2) is 39.9 Å². The zero-order chi connectivity index (χ0) is 15.4. The number of nitrogens with one attached hydrogen (secondary N) is 1. The first-order valence-electron chi connectivity index (χ1n) is 6.19. The summed E-state index contributed by atoms with van der Waals surface area (Å²) in [5, 5.41) is 14.4. The molecule has 0 fully saturated rings. The van der Waals surface area contributed by atoms with E-state index in [9.17, 15) is 14.7 Å². The minimum Gasteiger partial charge on any atom is -0.545 e. The molecule has 6 nitrogen and oxygen atoms in total. The summed E-state index contributed by atoms with van der Waals surface area (Å²) in [5.74, 6) is -0.428. The van der Waals surface area contributed by atoms with Crippen LogP contribution in [-0.2, 0) is 0 Å². The monoisotopic (exact) mass is 285 g/mol. The lowest BCUT2D eigenvalue weighted by Crippen LogP contribution is -2.22. The van der Waals surface area contributed by atoms with Crippen molar-refractivity contribution < 1.29 is 19.1 Å². The van der Waals surface area contributed by atoms with Gasteiger partial charge in [0.25, 0.3) is 5.91 Å². The van der Waals surface area contributed by atoms with Gasteiger partial charge in [-0.3, -0.25) is 4.79 Å². The Kier molecular flexibility index (Phi) is 4.18. The maximum Gasteiger partial charge on any atom is 0.274 e. The summed E-state index contributed by atoms with van der Waals surface area (Å²) in [4.78, 5) is 22.4. The molecule has 2 rings (SSSR count). The van der Waals surface area contributed by atoms with E-state index in [1.807, 2.05) is 0 Å². The summed E-state index contributed by atoms with van der Waals surface area (Å²) in [6.45, 7) is 3.45. The highest BCUT2D eigenvalue weighted by atomic mass is 16.4. The van der Waals surface area contributed by atoms with Crippen LogP contribution < -0.4 is 10.5 Å². The fourth-order valence-corrected chi connectivity index (χ4v) is 1.79. The summed E-state index contributed by atoms with van der Waals surface area (Å²) >= 11 is 0. The van der Waals surface area contributed by atoms with Crippen molar-refractivity contribution in [3.05, 3.63) is 58.5 Å². The Morgan fingerprint density at radius 2 is 1.90 bits per heavy atom. The molecule has 2 aromatic rings. The number of hydrazone groups is 1. The predicted octanol–water partition coefficient (Wildman–Crippen LogP) is 1.02. The Hall–Kier alpha value is -2.89. The van der Waals surface area contributed by atoms with Crippen LogP contribution in [0.2, 0.25) is 0 Å². The molecule has 21 heavy (non-hydrogen) atoms. The number of carbonyl (C=O) groups is 2. The van der Waals surface area contributed by atoms with E-state index in [0.717, 1.165) is 0 Å². The molecule has 1 heterocycles. The summed E-state index contributed by atoms with van der Waals surface area (Å²) in [6.07, 6.45) is 1.42. The van der Waals surface area contributed by atoms with Crippen LogP contribution in [0.3, 0.4) is 0 Å². The van der Waals surface area contributed by atoms with Crippen molar-refractivity contribution in [3.63, 3.8) is 0 Å². The lowest BCUT2D eigenvalue weighted by atomic mass is 10.1. The van der Waals surface area contributed by atoms with Gasteiger partial charge in [0.2, 0.25) is 0 Å². The molecule has 108 valence electrons. The molecule has 1 N–H and O–H groups in total. The average molecular weight is 285 g/mol. The van der Waals surface area contributed by atoms with E-state index in [4.69, 9.17) is 4.42 Å². The molecule has 0 saturated heterocycles. The number of aryl methyl sites for hydroxylation is 2. The minimum absolute atomic E-state index is 0.0840. The number of carbonyl (C=O) groups excluding carboxylic acids is 2. The van der Waals surface area contributed by atoms with Gasteiger partial charge in [-0.25, -0.2) is 5.43 Å². The standard InChI is InChI=1S/C15H14N2O4/c1-9-7-13(10(2)21-9)14(18)17-16-8-11-3-5-12(6-4-11)15(19)20/h3-8H,1-2H3,(H,17,18)(H,19,20)/p-1/b16-8-. The highest BCUT2D eigenvalue weighted by Gasteiger charge is 2.12. The number of benzene rings is 1. The highest BCUT2D eigenvalue weighted by Crippen LogP contribution is 2.13. The van der Waals surface area contributed by atoms with Crippen LogP contribution in [-0.4, -0.2) is 18.1 Å². The summed E-state index contributed by atoms with van der Waals surface area (Å²) in [5.41, 5.74) is 3.55. The molecule has 0 aliphatic carbocycles. The van der Waals surface area contributed by atoms with Gasteiger partial charge in [-0.1, -0.05) is 24.3 Å². The Balaban J connectivity index is 2.00. The number of amides is 1. The topological polar surface area (TPSA) is 94.7 Å². The van der Waals surface area contributed by atoms with Crippen LogP contribution in [0.25, 0.3) is 0 Å². The molecule has 0 aliphatic rings. The van der Waals surface area contributed by atoms with Crippen LogP contribution >= 0.6 is 0 Å². The van der Waals surface area contributed by atoms with E-state index in [1.165, 1.54) is 18.3 Å². The maximum absolute atomic E-state index is 11.8. The fraction of sp³-hybridized carbons (Fsp3) is 0.133. The van der Waals surface area contributed by atoms with Crippen LogP contribution in [0.5, 0.6) is 0 Å². The Labute approximate surface area is 121 Å². The van der Waals surface area contributed by atoms with E-state index < -0.39 is 5.97 Å². The number of furan rings is 1. The normalized spacial score (nSPS) is 10.8. The van der Waals surface area contributed by atoms with E-state index in [1.54, 1.807) is 32.0 Å². The second-order valence-corrected chi connectivity index (χ2v) is 4.44. The summed E-state index contributed by atoms with van der Waals surface area (Å²) in [7, 11) is 0. The van der Waals surface area contributed by atoms with E-state index in [0.29, 0.717) is 22.6 Å². The van der Waals surface area contributed by atoms with Gasteiger partial charge >= 0.3 is 0 Å². The van der Waals surface area contributed by atoms with Gasteiger partial charge in [0, 0.05) is 0 Å². The van der Waals surface area contributed by atoms with Gasteiger partial charge in [0.15, 0.2) is 0 Å². The first kappa shape index (κ1) is 14.5. The molecule has 1 aromatic heterocycles. The molecular formula is C15H13N2O4-. The number of rotatable bonds is 4. The van der Waals surface area contributed by atoms with E-state index in [-0.39, 0.29) is 11.5 Å². The summed E-state index contributed by atoms with van der Waals surface area (Å²) < 4.78 is 5.26. The SMILES string of the molecule is Cc1cc(C(=O)N/N=C\c2ccc(C(=O)[O-])cc2)c(C)o1. The Morgan fingerprint density at radius 1 is 1.24 bits per heavy atom. The molecule has 0 saturated carbocycles. The van der Waals surface area contributed by atoms with Crippen LogP contribution in [0.4, 0.5) is 0 Å². The van der Waals surface area contributed by atoms with Crippen molar-refractivity contribution in [3.8, 4) is 0 Å². The van der Waals surface area contributed by atoms with E-state index in [2.05, 4.69) is 10.5 Å². The molecule has 0 bridgehead atoms. The number of carboxylic acid groups (broad SMARTS) is 1. The van der Waals surface area contributed by atoms with Gasteiger partial charge < -0.3 is 14.3 Å². The maximum atomic E-state index is 11.8. The smallest absolute Gasteiger partial charge is 0.274 e. The number of hydrogen-bond acceptors (Lipinski definition) is 5. The number of carboxylic acids is 1. The largest absolute Gasteiger partial charge is 0.545 e. The molecule has 0 atom stereocenters. The molecule has 1 aromatic carbocycles. The molecule has 0 unspecified atom stereocenters. The molecule has 0 radical (unpaired) electrons. The third-order valence-electron chi connectivity index (χ3n) is 2.81. The predicted molar refractivity (Wildman–Crippen MR) is 74.0 cm³/mol. The molecule has 0 spiro atoms. The van der Waals surface area contributed by atoms with Gasteiger partial charge in [0.05, 0.1) is 17.7 Å². The van der Waals surface area contributed by atoms with Crippen molar-refractivity contribution in [2.24, 2.45) is 5.10 Å². The zero-order valence-electron chi connectivity index (χ0n) is 11.5. The first-order chi connectivity index (χ1) is 9.97. The van der Waals surface area contributed by atoms with Crippen molar-refractivity contribution in [2.45, 2.75) is 13.8 Å². The van der Waals surface area contributed by atoms with Crippen LogP contribution in [0.1, 0.15) is 37.8 Å².